The van der Waals surface area contributed by atoms with Crippen molar-refractivity contribution in [2.45, 2.75) is 39.0 Å². The largest absolute Gasteiger partial charge is 0.335 e. The molecule has 0 N–H and O–H groups in total. The van der Waals surface area contributed by atoms with Gasteiger partial charge in [-0.3, -0.25) is 9.59 Å². The van der Waals surface area contributed by atoms with Crippen LogP contribution in [0.25, 0.3) is 0 Å². The van der Waals surface area contributed by atoms with Crippen molar-refractivity contribution in [1.29, 1.82) is 0 Å². The third kappa shape index (κ3) is 1.68. The predicted octanol–water partition coefficient (Wildman–Crippen LogP) is 1.37. The predicted molar refractivity (Wildman–Crippen MR) is 52.8 cm³/mol. The van der Waals surface area contributed by atoms with Crippen LogP contribution in [-0.4, -0.2) is 29.7 Å². The van der Waals surface area contributed by atoms with Crippen molar-refractivity contribution >= 4 is 11.7 Å². The molecule has 0 atom stereocenters. The second-order valence-corrected chi connectivity index (χ2v) is 4.80. The Bertz CT molecular complexity index is 268. The van der Waals surface area contributed by atoms with Crippen molar-refractivity contribution in [3.05, 3.63) is 0 Å². The Morgan fingerprint density at radius 3 is 2.57 bits per heavy atom. The molecule has 1 saturated heterocycles. The molecule has 0 aromatic rings. The summed E-state index contributed by atoms with van der Waals surface area (Å²) in [6.07, 6.45) is 5.49. The monoisotopic (exact) mass is 195 g/mol. The Balaban J connectivity index is 1.93. The molecular formula is C11H17NO2. The number of carbonyl (C=O) groups is 2. The van der Waals surface area contributed by atoms with Crippen LogP contribution in [0, 0.1) is 5.41 Å². The van der Waals surface area contributed by atoms with Gasteiger partial charge < -0.3 is 4.90 Å². The van der Waals surface area contributed by atoms with Crippen LogP contribution in [0.15, 0.2) is 0 Å². The third-order valence-electron chi connectivity index (χ3n) is 3.62. The van der Waals surface area contributed by atoms with E-state index in [1.54, 1.807) is 11.8 Å². The van der Waals surface area contributed by atoms with E-state index in [0.29, 0.717) is 18.4 Å². The molecule has 1 aliphatic carbocycles. The van der Waals surface area contributed by atoms with Gasteiger partial charge in [0.15, 0.2) is 0 Å². The van der Waals surface area contributed by atoms with E-state index in [4.69, 9.17) is 0 Å². The fraction of sp³-hybridized carbons (Fsp3) is 0.818. The van der Waals surface area contributed by atoms with Crippen LogP contribution in [0.4, 0.5) is 0 Å². The zero-order chi connectivity index (χ0) is 10.2. The number of rotatable bonds is 2. The number of hydrogen-bond acceptors (Lipinski definition) is 2. The van der Waals surface area contributed by atoms with Crippen molar-refractivity contribution < 1.29 is 9.59 Å². The Morgan fingerprint density at radius 2 is 2.14 bits per heavy atom. The molecule has 0 aromatic carbocycles. The van der Waals surface area contributed by atoms with Gasteiger partial charge in [-0.05, 0) is 31.6 Å². The Labute approximate surface area is 84.5 Å². The summed E-state index contributed by atoms with van der Waals surface area (Å²) in [5.41, 5.74) is 0.338. The Kier molecular flexibility index (Phi) is 2.33. The summed E-state index contributed by atoms with van der Waals surface area (Å²) in [4.78, 5) is 24.3. The van der Waals surface area contributed by atoms with Crippen LogP contribution in [0.3, 0.4) is 0 Å². The Hall–Kier alpha value is -0.860. The van der Waals surface area contributed by atoms with E-state index < -0.39 is 0 Å². The molecule has 2 fully saturated rings. The number of amides is 1. The zero-order valence-electron chi connectivity index (χ0n) is 8.71. The minimum absolute atomic E-state index is 0.0860. The van der Waals surface area contributed by atoms with Gasteiger partial charge in [0.05, 0.1) is 6.54 Å². The van der Waals surface area contributed by atoms with E-state index in [1.807, 2.05) is 0 Å². The molecular weight excluding hydrogens is 178 g/mol. The number of Topliss-reactive ketones (excluding diaryl/α,β-unsaturated/α-hetero) is 1. The fourth-order valence-electron chi connectivity index (χ4n) is 2.56. The smallest absolute Gasteiger partial charge is 0.223 e. The first-order valence-corrected chi connectivity index (χ1v) is 5.39. The SMILES string of the molecule is CC(=O)CN1CCC2(CCC2)CC1=O. The highest BCUT2D eigenvalue weighted by molar-refractivity contribution is 5.85. The van der Waals surface area contributed by atoms with Gasteiger partial charge in [0.25, 0.3) is 0 Å². The number of hydrogen-bond donors (Lipinski definition) is 0. The van der Waals surface area contributed by atoms with Crippen LogP contribution in [-0.2, 0) is 9.59 Å². The van der Waals surface area contributed by atoms with Gasteiger partial charge in [-0.15, -0.1) is 0 Å². The van der Waals surface area contributed by atoms with E-state index in [9.17, 15) is 9.59 Å². The van der Waals surface area contributed by atoms with E-state index in [2.05, 4.69) is 0 Å². The summed E-state index contributed by atoms with van der Waals surface area (Å²) in [5.74, 6) is 0.272. The van der Waals surface area contributed by atoms with Gasteiger partial charge in [0.1, 0.15) is 5.78 Å². The van der Waals surface area contributed by atoms with Crippen molar-refractivity contribution in [3.63, 3.8) is 0 Å². The van der Waals surface area contributed by atoms with Crippen molar-refractivity contribution in [1.82, 2.24) is 4.90 Å². The highest BCUT2D eigenvalue weighted by atomic mass is 16.2. The normalized spacial score (nSPS) is 24.9. The van der Waals surface area contributed by atoms with E-state index >= 15 is 0 Å². The first-order chi connectivity index (χ1) is 6.61. The van der Waals surface area contributed by atoms with Crippen LogP contribution in [0.5, 0.6) is 0 Å². The van der Waals surface area contributed by atoms with E-state index in [0.717, 1.165) is 13.0 Å². The molecule has 2 aliphatic rings. The molecule has 0 bridgehead atoms. The maximum absolute atomic E-state index is 11.7. The number of piperidine rings is 1. The van der Waals surface area contributed by atoms with Crippen LogP contribution >= 0.6 is 0 Å². The topological polar surface area (TPSA) is 37.4 Å². The van der Waals surface area contributed by atoms with Crippen LogP contribution in [0.2, 0.25) is 0 Å². The number of carbonyl (C=O) groups excluding carboxylic acids is 2. The molecule has 3 nitrogen and oxygen atoms in total. The number of likely N-dealkylation sites (tertiary alicyclic amines) is 1. The summed E-state index contributed by atoms with van der Waals surface area (Å²) in [5, 5.41) is 0. The van der Waals surface area contributed by atoms with Gasteiger partial charge in [0.2, 0.25) is 5.91 Å². The molecule has 1 spiro atoms. The molecule has 0 aromatic heterocycles. The second kappa shape index (κ2) is 3.37. The third-order valence-corrected chi connectivity index (χ3v) is 3.62. The van der Waals surface area contributed by atoms with Gasteiger partial charge in [-0.2, -0.15) is 0 Å². The lowest BCUT2D eigenvalue weighted by Gasteiger charge is -2.47. The summed E-state index contributed by atoms with van der Waals surface area (Å²) < 4.78 is 0. The number of nitrogens with zero attached hydrogens (tertiary/aromatic N) is 1. The highest BCUT2D eigenvalue weighted by Crippen LogP contribution is 2.49. The van der Waals surface area contributed by atoms with Gasteiger partial charge in [-0.25, -0.2) is 0 Å². The van der Waals surface area contributed by atoms with Crippen LogP contribution in [0.1, 0.15) is 39.0 Å². The maximum atomic E-state index is 11.7. The minimum Gasteiger partial charge on any atom is -0.335 e. The van der Waals surface area contributed by atoms with Crippen molar-refractivity contribution in [2.75, 3.05) is 13.1 Å². The van der Waals surface area contributed by atoms with Crippen molar-refractivity contribution in [3.8, 4) is 0 Å². The lowest BCUT2D eigenvalue weighted by Crippen LogP contribution is -2.48. The van der Waals surface area contributed by atoms with Crippen LogP contribution < -0.4 is 0 Å². The minimum atomic E-state index is 0.0860. The molecule has 78 valence electrons. The lowest BCUT2D eigenvalue weighted by atomic mass is 9.63. The number of ketones is 1. The summed E-state index contributed by atoms with van der Waals surface area (Å²) in [7, 11) is 0. The standard InChI is InChI=1S/C11H17NO2/c1-9(13)8-12-6-5-11(3-2-4-11)7-10(12)14/h2-8H2,1H3. The molecule has 1 amide bonds. The molecule has 0 radical (unpaired) electrons. The highest BCUT2D eigenvalue weighted by Gasteiger charge is 2.43. The van der Waals surface area contributed by atoms with E-state index in [1.165, 1.54) is 19.3 Å². The molecule has 1 saturated carbocycles. The molecule has 0 unspecified atom stereocenters. The van der Waals surface area contributed by atoms with Gasteiger partial charge in [-0.1, -0.05) is 6.42 Å². The molecule has 1 heterocycles. The molecule has 14 heavy (non-hydrogen) atoms. The molecule has 2 rings (SSSR count). The quantitative estimate of drug-likeness (QED) is 0.667. The second-order valence-electron chi connectivity index (χ2n) is 4.80. The van der Waals surface area contributed by atoms with Gasteiger partial charge in [0, 0.05) is 13.0 Å². The van der Waals surface area contributed by atoms with Gasteiger partial charge >= 0.3 is 0 Å². The zero-order valence-corrected chi connectivity index (χ0v) is 8.71. The summed E-state index contributed by atoms with van der Waals surface area (Å²) in [6, 6.07) is 0. The van der Waals surface area contributed by atoms with E-state index in [-0.39, 0.29) is 11.7 Å². The summed E-state index contributed by atoms with van der Waals surface area (Å²) >= 11 is 0. The molecule has 1 aliphatic heterocycles. The summed E-state index contributed by atoms with van der Waals surface area (Å²) in [6.45, 7) is 2.65. The van der Waals surface area contributed by atoms with Crippen molar-refractivity contribution in [2.24, 2.45) is 5.41 Å². The lowest BCUT2D eigenvalue weighted by molar-refractivity contribution is -0.143. The Morgan fingerprint density at radius 1 is 1.43 bits per heavy atom. The first-order valence-electron chi connectivity index (χ1n) is 5.39. The first kappa shape index (κ1) is 9.69. The molecule has 3 heteroatoms. The fourth-order valence-corrected chi connectivity index (χ4v) is 2.56. The average Bonchev–Trinajstić information content (AvgIpc) is 2.05. The maximum Gasteiger partial charge on any atom is 0.223 e. The average molecular weight is 195 g/mol.